The van der Waals surface area contributed by atoms with E-state index in [4.69, 9.17) is 14.5 Å². The van der Waals surface area contributed by atoms with Crippen LogP contribution in [0.1, 0.15) is 57.9 Å². The molecule has 0 spiro atoms. The SMILES string of the molecule is COC(c1nc2c(cc1Br)C[C@@H]1CN(C(=O)OC(C)(C)C)C[C@@H](C)N21)C1CC1. The molecule has 6 nitrogen and oxygen atoms in total. The number of rotatable bonds is 3. The summed E-state index contributed by atoms with van der Waals surface area (Å²) in [4.78, 5) is 21.9. The Labute approximate surface area is 175 Å². The Morgan fingerprint density at radius 2 is 2.04 bits per heavy atom. The number of amides is 1. The van der Waals surface area contributed by atoms with Crippen molar-refractivity contribution in [2.45, 2.75) is 70.7 Å². The molecule has 154 valence electrons. The molecule has 1 aromatic heterocycles. The van der Waals surface area contributed by atoms with Crippen molar-refractivity contribution in [2.24, 2.45) is 5.92 Å². The molecule has 0 N–H and O–H groups in total. The Hall–Kier alpha value is -1.34. The first-order valence-electron chi connectivity index (χ1n) is 10.2. The van der Waals surface area contributed by atoms with Crippen LogP contribution < -0.4 is 4.90 Å². The van der Waals surface area contributed by atoms with Crippen molar-refractivity contribution in [1.29, 1.82) is 0 Å². The van der Waals surface area contributed by atoms with Gasteiger partial charge in [-0.15, -0.1) is 0 Å². The van der Waals surface area contributed by atoms with E-state index in [0.29, 0.717) is 19.0 Å². The lowest BCUT2D eigenvalue weighted by molar-refractivity contribution is 0.0191. The second-order valence-electron chi connectivity index (χ2n) is 9.33. The fourth-order valence-electron chi connectivity index (χ4n) is 4.49. The van der Waals surface area contributed by atoms with E-state index in [1.54, 1.807) is 7.11 Å². The average molecular weight is 452 g/mol. The van der Waals surface area contributed by atoms with E-state index in [1.807, 2.05) is 25.7 Å². The molecular formula is C21H30BrN3O3. The molecule has 1 aromatic rings. The van der Waals surface area contributed by atoms with Crippen molar-refractivity contribution in [1.82, 2.24) is 9.88 Å². The fraction of sp³-hybridized carbons (Fsp3) is 0.714. The van der Waals surface area contributed by atoms with Crippen LogP contribution in [0.3, 0.4) is 0 Å². The molecule has 1 unspecified atom stereocenters. The lowest BCUT2D eigenvalue weighted by atomic mass is 10.1. The molecule has 0 bridgehead atoms. The Morgan fingerprint density at radius 1 is 1.32 bits per heavy atom. The van der Waals surface area contributed by atoms with Crippen LogP contribution in [0, 0.1) is 5.92 Å². The number of aromatic nitrogens is 1. The van der Waals surface area contributed by atoms with E-state index in [9.17, 15) is 4.79 Å². The van der Waals surface area contributed by atoms with Crippen LogP contribution in [0.4, 0.5) is 10.6 Å². The molecule has 1 amide bonds. The van der Waals surface area contributed by atoms with Crippen LogP contribution in [0.5, 0.6) is 0 Å². The van der Waals surface area contributed by atoms with Gasteiger partial charge < -0.3 is 19.3 Å². The number of halogens is 1. The van der Waals surface area contributed by atoms with Crippen molar-refractivity contribution in [2.75, 3.05) is 25.1 Å². The molecule has 2 aliphatic heterocycles. The van der Waals surface area contributed by atoms with Gasteiger partial charge in [0.1, 0.15) is 17.5 Å². The van der Waals surface area contributed by atoms with Gasteiger partial charge in [0, 0.05) is 30.7 Å². The number of ether oxygens (including phenoxy) is 2. The van der Waals surface area contributed by atoms with Gasteiger partial charge in [0.05, 0.1) is 11.7 Å². The molecule has 0 radical (unpaired) electrons. The zero-order chi connectivity index (χ0) is 20.2. The first-order chi connectivity index (χ1) is 13.2. The topological polar surface area (TPSA) is 54.9 Å². The minimum Gasteiger partial charge on any atom is -0.444 e. The minimum atomic E-state index is -0.477. The number of carbonyl (C=O) groups is 1. The summed E-state index contributed by atoms with van der Waals surface area (Å²) in [5.74, 6) is 1.63. The summed E-state index contributed by atoms with van der Waals surface area (Å²) in [5.41, 5.74) is 1.77. The summed E-state index contributed by atoms with van der Waals surface area (Å²) < 4.78 is 12.4. The normalized spacial score (nSPS) is 25.4. The van der Waals surface area contributed by atoms with Crippen molar-refractivity contribution in [3.63, 3.8) is 0 Å². The third-order valence-electron chi connectivity index (χ3n) is 5.77. The van der Waals surface area contributed by atoms with Crippen LogP contribution in [0.15, 0.2) is 10.5 Å². The summed E-state index contributed by atoms with van der Waals surface area (Å²) in [6.07, 6.45) is 3.13. The highest BCUT2D eigenvalue weighted by Gasteiger charge is 2.43. The molecule has 1 saturated carbocycles. The second kappa shape index (κ2) is 7.17. The van der Waals surface area contributed by atoms with Crippen molar-refractivity contribution < 1.29 is 14.3 Å². The molecule has 4 rings (SSSR count). The Bertz CT molecular complexity index is 775. The first-order valence-corrected chi connectivity index (χ1v) is 11.0. The fourth-order valence-corrected chi connectivity index (χ4v) is 5.08. The summed E-state index contributed by atoms with van der Waals surface area (Å²) in [6.45, 7) is 9.20. The van der Waals surface area contributed by atoms with Gasteiger partial charge in [0.15, 0.2) is 0 Å². The summed E-state index contributed by atoms with van der Waals surface area (Å²) in [6, 6.07) is 2.63. The van der Waals surface area contributed by atoms with E-state index < -0.39 is 5.60 Å². The molecule has 2 fully saturated rings. The minimum absolute atomic E-state index is 0.0529. The van der Waals surface area contributed by atoms with Gasteiger partial charge in [0.2, 0.25) is 0 Å². The lowest BCUT2D eigenvalue weighted by Gasteiger charge is -2.43. The van der Waals surface area contributed by atoms with Crippen molar-refractivity contribution in [3.8, 4) is 0 Å². The van der Waals surface area contributed by atoms with Crippen LogP contribution >= 0.6 is 15.9 Å². The summed E-state index contributed by atoms with van der Waals surface area (Å²) in [5, 5.41) is 0. The molecule has 3 aliphatic rings. The van der Waals surface area contributed by atoms with Gasteiger partial charge in [-0.1, -0.05) is 0 Å². The van der Waals surface area contributed by atoms with Crippen LogP contribution in [-0.4, -0.2) is 53.9 Å². The predicted octanol–water partition coefficient (Wildman–Crippen LogP) is 4.31. The van der Waals surface area contributed by atoms with Crippen LogP contribution in [0.2, 0.25) is 0 Å². The highest BCUT2D eigenvalue weighted by molar-refractivity contribution is 9.10. The maximum absolute atomic E-state index is 12.6. The predicted molar refractivity (Wildman–Crippen MR) is 112 cm³/mol. The number of hydrogen-bond acceptors (Lipinski definition) is 5. The van der Waals surface area contributed by atoms with Gasteiger partial charge in [0.25, 0.3) is 0 Å². The highest BCUT2D eigenvalue weighted by atomic mass is 79.9. The third kappa shape index (κ3) is 3.75. The lowest BCUT2D eigenvalue weighted by Crippen LogP contribution is -2.58. The third-order valence-corrected chi connectivity index (χ3v) is 6.40. The Kier molecular flexibility index (Phi) is 5.11. The summed E-state index contributed by atoms with van der Waals surface area (Å²) >= 11 is 3.72. The van der Waals surface area contributed by atoms with E-state index >= 15 is 0 Å². The molecule has 7 heteroatoms. The number of pyridine rings is 1. The van der Waals surface area contributed by atoms with E-state index in [-0.39, 0.29) is 24.3 Å². The van der Waals surface area contributed by atoms with Crippen molar-refractivity contribution >= 4 is 27.8 Å². The number of piperazine rings is 1. The van der Waals surface area contributed by atoms with Crippen LogP contribution in [-0.2, 0) is 15.9 Å². The van der Waals surface area contributed by atoms with Crippen molar-refractivity contribution in [3.05, 3.63) is 21.8 Å². The number of anilines is 1. The molecule has 1 saturated heterocycles. The quantitative estimate of drug-likeness (QED) is 0.684. The molecule has 3 atom stereocenters. The zero-order valence-corrected chi connectivity index (χ0v) is 19.0. The maximum Gasteiger partial charge on any atom is 0.410 e. The maximum atomic E-state index is 12.6. The monoisotopic (exact) mass is 451 g/mol. The molecule has 28 heavy (non-hydrogen) atoms. The van der Waals surface area contributed by atoms with E-state index in [1.165, 1.54) is 18.4 Å². The number of fused-ring (bicyclic) bond motifs is 3. The molecular weight excluding hydrogens is 422 g/mol. The van der Waals surface area contributed by atoms with E-state index in [0.717, 1.165) is 22.4 Å². The van der Waals surface area contributed by atoms with Gasteiger partial charge in [-0.2, -0.15) is 0 Å². The van der Waals surface area contributed by atoms with Gasteiger partial charge in [-0.3, -0.25) is 0 Å². The van der Waals surface area contributed by atoms with Crippen LogP contribution in [0.25, 0.3) is 0 Å². The summed E-state index contributed by atoms with van der Waals surface area (Å²) in [7, 11) is 1.77. The average Bonchev–Trinajstić information content (AvgIpc) is 3.35. The number of nitrogens with zero attached hydrogens (tertiary/aromatic N) is 3. The van der Waals surface area contributed by atoms with Gasteiger partial charge in [-0.05, 0) is 80.4 Å². The molecule has 0 aromatic carbocycles. The largest absolute Gasteiger partial charge is 0.444 e. The van der Waals surface area contributed by atoms with Gasteiger partial charge in [-0.25, -0.2) is 9.78 Å². The first kappa shape index (κ1) is 20.0. The second-order valence-corrected chi connectivity index (χ2v) is 10.2. The Morgan fingerprint density at radius 3 is 2.64 bits per heavy atom. The number of hydrogen-bond donors (Lipinski definition) is 0. The van der Waals surface area contributed by atoms with E-state index in [2.05, 4.69) is 33.8 Å². The smallest absolute Gasteiger partial charge is 0.410 e. The number of carbonyl (C=O) groups excluding carboxylic acids is 1. The zero-order valence-electron chi connectivity index (χ0n) is 17.4. The molecule has 3 heterocycles. The van der Waals surface area contributed by atoms with Gasteiger partial charge >= 0.3 is 6.09 Å². The molecule has 1 aliphatic carbocycles. The number of methoxy groups -OCH3 is 1. The highest BCUT2D eigenvalue weighted by Crippen LogP contribution is 2.46. The standard InChI is InChI=1S/C21H30BrN3O3/c1-12-10-24(20(26)28-21(2,3)4)11-15-8-14-9-16(22)17(23-19(14)25(12)15)18(27-5)13-6-7-13/h9,12-13,15,18H,6-8,10-11H2,1-5H3/t12-,15-,18?/m1/s1. The Balaban J connectivity index is 1.57.